The molecule has 2 unspecified atom stereocenters. The van der Waals surface area contributed by atoms with E-state index in [0.717, 1.165) is 24.3 Å². The summed E-state index contributed by atoms with van der Waals surface area (Å²) in [4.78, 5) is 15.8. The first-order valence-corrected chi connectivity index (χ1v) is 41.8. The minimum Gasteiger partial charge on any atom is -0.492 e. The van der Waals surface area contributed by atoms with Crippen LogP contribution in [0.1, 0.15) is 44.2 Å². The lowest BCUT2D eigenvalue weighted by Crippen LogP contribution is -2.33. The number of methoxy groups -OCH3 is 3. The fourth-order valence-corrected chi connectivity index (χ4v) is 15.2. The van der Waals surface area contributed by atoms with Gasteiger partial charge in [0.05, 0.1) is 193 Å². The van der Waals surface area contributed by atoms with Gasteiger partial charge >= 0.3 is 5.97 Å². The zero-order chi connectivity index (χ0) is 81.2. The van der Waals surface area contributed by atoms with Crippen molar-refractivity contribution in [2.24, 2.45) is 0 Å². The Morgan fingerprint density at radius 2 is 0.804 bits per heavy atom. The lowest BCUT2D eigenvalue weighted by atomic mass is 9.75. The Morgan fingerprint density at radius 3 is 1.23 bits per heavy atom. The summed E-state index contributed by atoms with van der Waals surface area (Å²) in [6.45, 7) is 10.4. The van der Waals surface area contributed by atoms with E-state index in [1.165, 1.54) is 12.1 Å². The van der Waals surface area contributed by atoms with Crippen molar-refractivity contribution in [2.45, 2.75) is 63.5 Å². The van der Waals surface area contributed by atoms with Crippen LogP contribution in [0.4, 0.5) is 11.4 Å². The number of carbonyl (C=O) groups excluding carboxylic acids is 1. The van der Waals surface area contributed by atoms with Gasteiger partial charge in [0.15, 0.2) is 12.3 Å². The number of benzene rings is 4. The van der Waals surface area contributed by atoms with Crippen LogP contribution in [-0.4, -0.2) is 309 Å². The van der Waals surface area contributed by atoms with Gasteiger partial charge < -0.3 is 95.7 Å². The fraction of sp³-hybridized carbons (Fsp3) is 0.562. The average molecular weight is 1660 g/mol. The quantitative estimate of drug-likeness (QED) is 0.0124. The number of hydrogen-bond donors (Lipinski definition) is 6. The molecule has 2 aliphatic heterocycles. The fourth-order valence-electron chi connectivity index (χ4n) is 12.5. The van der Waals surface area contributed by atoms with E-state index >= 15 is 0 Å². The van der Waals surface area contributed by atoms with Gasteiger partial charge in [0.1, 0.15) is 16.4 Å². The molecule has 0 saturated carbocycles. The summed E-state index contributed by atoms with van der Waals surface area (Å²) in [5, 5.41) is 19.4. The highest BCUT2D eigenvalue weighted by Crippen LogP contribution is 2.54. The van der Waals surface area contributed by atoms with E-state index in [0.29, 0.717) is 117 Å². The third-order valence-corrected chi connectivity index (χ3v) is 21.3. The molecule has 7 rings (SSSR count). The molecular weight excluding hydrogens is 1560 g/mol. The molecular formula is C73H104N3O32S4+. The third kappa shape index (κ3) is 27.6. The molecule has 35 nitrogen and oxygen atoms in total. The molecule has 0 radical (unpaired) electrons. The van der Waals surface area contributed by atoms with E-state index in [1.807, 2.05) is 29.4 Å². The minimum absolute atomic E-state index is 0.0181. The summed E-state index contributed by atoms with van der Waals surface area (Å²) < 4.78 is 240. The van der Waals surface area contributed by atoms with Crippen molar-refractivity contribution >= 4 is 85.1 Å². The van der Waals surface area contributed by atoms with Gasteiger partial charge in [-0.05, 0) is 85.5 Å². The Hall–Kier alpha value is -6.56. The van der Waals surface area contributed by atoms with E-state index < -0.39 is 88.6 Å². The molecule has 626 valence electrons. The van der Waals surface area contributed by atoms with Crippen LogP contribution >= 0.6 is 0 Å². The second-order valence-electron chi connectivity index (χ2n) is 25.5. The number of fused-ring (bicyclic) bond motifs is 6. The number of aromatic hydroxyl groups is 2. The summed E-state index contributed by atoms with van der Waals surface area (Å²) in [5.74, 6) is -1.67. The lowest BCUT2D eigenvalue weighted by Gasteiger charge is -2.31. The molecule has 1 aromatic heterocycles. The van der Waals surface area contributed by atoms with Crippen LogP contribution in [-0.2, 0) is 132 Å². The molecule has 5 aromatic rings. The third-order valence-electron chi connectivity index (χ3n) is 17.9. The van der Waals surface area contributed by atoms with Crippen molar-refractivity contribution in [3.63, 3.8) is 0 Å². The predicted molar refractivity (Wildman–Crippen MR) is 405 cm³/mol. The number of carbonyl (C=O) groups is 1. The van der Waals surface area contributed by atoms with Crippen molar-refractivity contribution in [1.29, 1.82) is 0 Å². The van der Waals surface area contributed by atoms with Crippen molar-refractivity contribution in [1.82, 2.24) is 4.73 Å². The minimum atomic E-state index is -5.15. The van der Waals surface area contributed by atoms with Crippen LogP contribution in [0.5, 0.6) is 11.8 Å². The maximum Gasteiger partial charge on any atom is 0.335 e. The molecule has 2 aliphatic rings. The standard InChI is InChI=1S/C73H103N3O32S4/c1-72(18-23-96-34-39-104-46-43-100-30-27-92-3)65(74(20-25-98-36-41-106-48-45-102-32-29-94-5)61-13-11-57-59(70(61)72)51-55(109(80,81)82)53-63(57)111(86,87)88)9-7-6-8-10-66-73(2,19-24-97-35-40-105-47-44-101-31-28-93-4)71-60-52-56(110(83,84)85)54-64(112(89,90)91)58(60)12-14-62(71)75(66)21-26-99-37-42-107-50-49-103-38-33-95-22-17-69(79)108-76-67(77)15-16-68(76)78/h6-16,51-54H,17-50H2,1-5H3,(H5-,77,78,80,81,82,83,84,85,86,87,88,89,90,91)/p+1. The number of allylic oxidation sites excluding steroid dienone is 6. The van der Waals surface area contributed by atoms with E-state index in [4.69, 9.17) is 80.6 Å². The van der Waals surface area contributed by atoms with Gasteiger partial charge in [0, 0.05) is 98.5 Å². The molecule has 4 aromatic carbocycles. The Bertz CT molecular complexity index is 4420. The van der Waals surface area contributed by atoms with E-state index in [-0.39, 0.29) is 179 Å². The van der Waals surface area contributed by atoms with Gasteiger partial charge in [-0.15, -0.1) is 4.73 Å². The van der Waals surface area contributed by atoms with Crippen LogP contribution in [0.3, 0.4) is 0 Å². The molecule has 0 aliphatic carbocycles. The monoisotopic (exact) mass is 1660 g/mol. The number of anilines is 1. The molecule has 0 fully saturated rings. The molecule has 0 saturated heterocycles. The van der Waals surface area contributed by atoms with Gasteiger partial charge in [-0.2, -0.15) is 38.2 Å². The summed E-state index contributed by atoms with van der Waals surface area (Å²) in [7, 11) is -15.8. The SMILES string of the molecule is COCCOCCOCCOCC[N+]1=C(C=CC=CC=C2N(CCOCCOCCOCCOCCC(=O)On3c(O)ccc3O)c3ccc4c(S(=O)(=O)O)cc(S(=O)(=O)O)cc4c3C2(C)CCOCCOCCOCCOC)C(C)(CCOCCOCCOCCOC)c2c1ccc1c(S(=O)(=O)O)cc(S(=O)(=O)O)cc21. The Balaban J connectivity index is 1.23. The highest BCUT2D eigenvalue weighted by molar-refractivity contribution is 7.87. The van der Waals surface area contributed by atoms with E-state index in [9.17, 15) is 66.9 Å². The summed E-state index contributed by atoms with van der Waals surface area (Å²) >= 11 is 0. The average Bonchev–Trinajstić information content (AvgIpc) is 1.55. The smallest absolute Gasteiger partial charge is 0.335 e. The van der Waals surface area contributed by atoms with Crippen LogP contribution in [0.25, 0.3) is 21.5 Å². The predicted octanol–water partition coefficient (Wildman–Crippen LogP) is 5.30. The molecule has 0 spiro atoms. The summed E-state index contributed by atoms with van der Waals surface area (Å²) in [5.41, 5.74) is 0.525. The maximum atomic E-state index is 13.2. The maximum absolute atomic E-state index is 13.2. The highest BCUT2D eigenvalue weighted by Gasteiger charge is 2.50. The first-order chi connectivity index (χ1) is 53.6. The van der Waals surface area contributed by atoms with Crippen LogP contribution in [0.2, 0.25) is 0 Å². The Labute approximate surface area is 652 Å². The zero-order valence-electron chi connectivity index (χ0n) is 63.5. The van der Waals surface area contributed by atoms with Crippen molar-refractivity contribution < 1.29 is 152 Å². The zero-order valence-corrected chi connectivity index (χ0v) is 66.7. The number of rotatable bonds is 59. The highest BCUT2D eigenvalue weighted by atomic mass is 32.2. The second kappa shape index (κ2) is 46.3. The van der Waals surface area contributed by atoms with Crippen molar-refractivity contribution in [3.05, 3.63) is 108 Å². The molecule has 0 amide bonds. The van der Waals surface area contributed by atoms with Crippen LogP contribution in [0.15, 0.2) is 116 Å². The number of nitrogens with zero attached hydrogens (tertiary/aromatic N) is 3. The van der Waals surface area contributed by atoms with Gasteiger partial charge in [-0.25, -0.2) is 4.79 Å². The number of aromatic nitrogens is 1. The summed E-state index contributed by atoms with van der Waals surface area (Å²) in [6, 6.07) is 12.1. The molecule has 3 heterocycles. The summed E-state index contributed by atoms with van der Waals surface area (Å²) in [6.07, 6.45) is 8.97. The second-order valence-corrected chi connectivity index (χ2v) is 31.1. The van der Waals surface area contributed by atoms with E-state index in [1.54, 1.807) is 57.8 Å². The first kappa shape index (κ1) is 92.6. The van der Waals surface area contributed by atoms with Gasteiger partial charge in [-0.1, -0.05) is 24.3 Å². The normalized spacial score (nSPS) is 16.6. The molecule has 112 heavy (non-hydrogen) atoms. The first-order valence-electron chi connectivity index (χ1n) is 36.0. The number of ether oxygens (including phenoxy) is 16. The molecule has 0 bridgehead atoms. The molecule has 6 N–H and O–H groups in total. The van der Waals surface area contributed by atoms with Gasteiger partial charge in [0.25, 0.3) is 40.5 Å². The van der Waals surface area contributed by atoms with Gasteiger partial charge in [-0.3, -0.25) is 18.2 Å². The topological polar surface area (TPSA) is 443 Å². The van der Waals surface area contributed by atoms with Gasteiger partial charge in [0.2, 0.25) is 17.4 Å². The van der Waals surface area contributed by atoms with E-state index in [2.05, 4.69) is 0 Å². The Kier molecular flexibility index (Phi) is 38.2. The molecule has 39 heteroatoms. The van der Waals surface area contributed by atoms with Crippen LogP contribution < -0.4 is 9.74 Å². The van der Waals surface area contributed by atoms with Crippen molar-refractivity contribution in [3.8, 4) is 11.8 Å². The molecule has 2 atom stereocenters. The Morgan fingerprint density at radius 1 is 0.420 bits per heavy atom. The van der Waals surface area contributed by atoms with Crippen LogP contribution in [0, 0.1) is 0 Å². The lowest BCUT2D eigenvalue weighted by molar-refractivity contribution is -0.442. The number of hydrogen-bond acceptors (Lipinski definition) is 29. The largest absolute Gasteiger partial charge is 0.492 e. The van der Waals surface area contributed by atoms with Crippen molar-refractivity contribution in [2.75, 3.05) is 231 Å².